The molecule has 1 amide bonds. The van der Waals surface area contributed by atoms with Gasteiger partial charge in [0.2, 0.25) is 5.91 Å². The smallest absolute Gasteiger partial charge is 0.238 e. The average Bonchev–Trinajstić information content (AvgIpc) is 2.81. The van der Waals surface area contributed by atoms with Crippen LogP contribution in [-0.2, 0) is 4.79 Å². The summed E-state index contributed by atoms with van der Waals surface area (Å²) in [5, 5.41) is 12.7. The van der Waals surface area contributed by atoms with Gasteiger partial charge in [0.25, 0.3) is 0 Å². The van der Waals surface area contributed by atoms with Gasteiger partial charge in [-0.15, -0.1) is 0 Å². The second-order valence-corrected chi connectivity index (χ2v) is 5.37. The van der Waals surface area contributed by atoms with E-state index in [-0.39, 0.29) is 18.6 Å². The Labute approximate surface area is 118 Å². The maximum Gasteiger partial charge on any atom is 0.238 e. The molecule has 0 aromatic heterocycles. The summed E-state index contributed by atoms with van der Waals surface area (Å²) in [5.41, 5.74) is 1.69. The van der Waals surface area contributed by atoms with Crippen LogP contribution in [0.2, 0.25) is 5.02 Å². The predicted octanol–water partition coefficient (Wildman–Crippen LogP) is 2.04. The first-order valence-corrected chi connectivity index (χ1v) is 6.89. The van der Waals surface area contributed by atoms with E-state index in [0.29, 0.717) is 17.3 Å². The first kappa shape index (κ1) is 14.3. The summed E-state index contributed by atoms with van der Waals surface area (Å²) in [6.45, 7) is 3.22. The standard InChI is InChI=1S/C14H19ClN2O2/c1-10-4-5-11(7-13(10)15)16-14(19)8-17-6-2-3-12(17)9-18/h4-5,7,12,18H,2-3,6,8-9H2,1H3,(H,16,19). The van der Waals surface area contributed by atoms with Crippen LogP contribution >= 0.6 is 11.6 Å². The number of hydrogen-bond acceptors (Lipinski definition) is 3. The number of aryl methyl sites for hydroxylation is 1. The highest BCUT2D eigenvalue weighted by atomic mass is 35.5. The van der Waals surface area contributed by atoms with E-state index in [9.17, 15) is 9.90 Å². The number of carbonyl (C=O) groups is 1. The summed E-state index contributed by atoms with van der Waals surface area (Å²) >= 11 is 6.02. The van der Waals surface area contributed by atoms with Gasteiger partial charge in [0, 0.05) is 16.8 Å². The summed E-state index contributed by atoms with van der Waals surface area (Å²) in [5.74, 6) is -0.0692. The van der Waals surface area contributed by atoms with Gasteiger partial charge in [-0.2, -0.15) is 0 Å². The number of carbonyl (C=O) groups excluding carboxylic acids is 1. The molecule has 1 saturated heterocycles. The van der Waals surface area contributed by atoms with Crippen LogP contribution in [0.5, 0.6) is 0 Å². The Morgan fingerprint density at radius 3 is 3.05 bits per heavy atom. The molecule has 104 valence electrons. The Kier molecular flexibility index (Phi) is 4.80. The number of benzene rings is 1. The van der Waals surface area contributed by atoms with Crippen molar-refractivity contribution in [2.45, 2.75) is 25.8 Å². The molecule has 0 aliphatic carbocycles. The summed E-state index contributed by atoms with van der Waals surface area (Å²) in [6.07, 6.45) is 2.00. The van der Waals surface area contributed by atoms with Crippen molar-refractivity contribution in [2.75, 3.05) is 25.0 Å². The van der Waals surface area contributed by atoms with E-state index < -0.39 is 0 Å². The third-order valence-corrected chi connectivity index (χ3v) is 3.92. The molecule has 1 fully saturated rings. The molecule has 1 unspecified atom stereocenters. The Balaban J connectivity index is 1.92. The van der Waals surface area contributed by atoms with Crippen molar-refractivity contribution in [3.05, 3.63) is 28.8 Å². The lowest BCUT2D eigenvalue weighted by Gasteiger charge is -2.21. The molecule has 0 spiro atoms. The molecule has 0 saturated carbocycles. The monoisotopic (exact) mass is 282 g/mol. The number of nitrogens with zero attached hydrogens (tertiary/aromatic N) is 1. The molecule has 2 N–H and O–H groups in total. The van der Waals surface area contributed by atoms with E-state index in [2.05, 4.69) is 5.32 Å². The van der Waals surface area contributed by atoms with E-state index in [4.69, 9.17) is 11.6 Å². The highest BCUT2D eigenvalue weighted by molar-refractivity contribution is 6.31. The van der Waals surface area contributed by atoms with Crippen molar-refractivity contribution in [3.63, 3.8) is 0 Å². The minimum Gasteiger partial charge on any atom is -0.395 e. The van der Waals surface area contributed by atoms with Gasteiger partial charge in [0.05, 0.1) is 13.2 Å². The first-order chi connectivity index (χ1) is 9.10. The van der Waals surface area contributed by atoms with E-state index >= 15 is 0 Å². The van der Waals surface area contributed by atoms with Crippen LogP contribution in [0.3, 0.4) is 0 Å². The van der Waals surface area contributed by atoms with Gasteiger partial charge >= 0.3 is 0 Å². The number of halogens is 1. The number of nitrogens with one attached hydrogen (secondary N) is 1. The van der Waals surface area contributed by atoms with E-state index in [1.165, 1.54) is 0 Å². The van der Waals surface area contributed by atoms with Crippen molar-refractivity contribution in [1.29, 1.82) is 0 Å². The number of amides is 1. The molecular formula is C14H19ClN2O2. The van der Waals surface area contributed by atoms with Gasteiger partial charge in [-0.05, 0) is 44.0 Å². The fraction of sp³-hybridized carbons (Fsp3) is 0.500. The van der Waals surface area contributed by atoms with Crippen LogP contribution in [0.15, 0.2) is 18.2 Å². The maximum atomic E-state index is 11.9. The molecule has 19 heavy (non-hydrogen) atoms. The first-order valence-electron chi connectivity index (χ1n) is 6.51. The zero-order valence-electron chi connectivity index (χ0n) is 11.0. The lowest BCUT2D eigenvalue weighted by molar-refractivity contribution is -0.117. The van der Waals surface area contributed by atoms with Crippen molar-refractivity contribution < 1.29 is 9.90 Å². The molecule has 1 aliphatic heterocycles. The Bertz CT molecular complexity index is 465. The summed E-state index contributed by atoms with van der Waals surface area (Å²) in [6, 6.07) is 5.59. The Morgan fingerprint density at radius 1 is 1.58 bits per heavy atom. The zero-order valence-corrected chi connectivity index (χ0v) is 11.8. The Hall–Kier alpha value is -1.10. The van der Waals surface area contributed by atoms with E-state index in [1.54, 1.807) is 6.07 Å². The van der Waals surface area contributed by atoms with Crippen molar-refractivity contribution >= 4 is 23.2 Å². The molecular weight excluding hydrogens is 264 g/mol. The maximum absolute atomic E-state index is 11.9. The SMILES string of the molecule is Cc1ccc(NC(=O)CN2CCCC2CO)cc1Cl. The van der Waals surface area contributed by atoms with Gasteiger partial charge < -0.3 is 10.4 Å². The van der Waals surface area contributed by atoms with Gasteiger partial charge in [0.1, 0.15) is 0 Å². The van der Waals surface area contributed by atoms with Crippen LogP contribution in [0.1, 0.15) is 18.4 Å². The van der Waals surface area contributed by atoms with Crippen LogP contribution in [0, 0.1) is 6.92 Å². The second-order valence-electron chi connectivity index (χ2n) is 4.96. The van der Waals surface area contributed by atoms with E-state index in [1.807, 2.05) is 24.0 Å². The number of aliphatic hydroxyl groups is 1. The van der Waals surface area contributed by atoms with Crippen LogP contribution in [-0.4, -0.2) is 41.7 Å². The third-order valence-electron chi connectivity index (χ3n) is 3.51. The normalized spacial score (nSPS) is 19.6. The summed E-state index contributed by atoms with van der Waals surface area (Å²) in [7, 11) is 0. The topological polar surface area (TPSA) is 52.6 Å². The highest BCUT2D eigenvalue weighted by Crippen LogP contribution is 2.20. The van der Waals surface area contributed by atoms with Crippen molar-refractivity contribution in [2.24, 2.45) is 0 Å². The van der Waals surface area contributed by atoms with Crippen LogP contribution in [0.4, 0.5) is 5.69 Å². The molecule has 1 aromatic rings. The lowest BCUT2D eigenvalue weighted by atomic mass is 10.2. The van der Waals surface area contributed by atoms with Crippen molar-refractivity contribution in [1.82, 2.24) is 4.90 Å². The van der Waals surface area contributed by atoms with Crippen LogP contribution in [0.25, 0.3) is 0 Å². The average molecular weight is 283 g/mol. The quantitative estimate of drug-likeness (QED) is 0.889. The second kappa shape index (κ2) is 6.37. The molecule has 5 heteroatoms. The molecule has 1 aliphatic rings. The highest BCUT2D eigenvalue weighted by Gasteiger charge is 2.25. The molecule has 0 radical (unpaired) electrons. The van der Waals surface area contributed by atoms with E-state index in [0.717, 1.165) is 24.9 Å². The molecule has 2 rings (SSSR count). The lowest BCUT2D eigenvalue weighted by Crippen LogP contribution is -2.38. The number of likely N-dealkylation sites (tertiary alicyclic amines) is 1. The van der Waals surface area contributed by atoms with Gasteiger partial charge in [-0.25, -0.2) is 0 Å². The number of aliphatic hydroxyl groups excluding tert-OH is 1. The third kappa shape index (κ3) is 3.69. The molecule has 0 bridgehead atoms. The number of rotatable bonds is 4. The largest absolute Gasteiger partial charge is 0.395 e. The van der Waals surface area contributed by atoms with Crippen LogP contribution < -0.4 is 5.32 Å². The van der Waals surface area contributed by atoms with Gasteiger partial charge in [-0.1, -0.05) is 17.7 Å². The van der Waals surface area contributed by atoms with Gasteiger partial charge in [-0.3, -0.25) is 9.69 Å². The fourth-order valence-electron chi connectivity index (χ4n) is 2.37. The zero-order chi connectivity index (χ0) is 13.8. The minimum atomic E-state index is -0.0692. The molecule has 1 aromatic carbocycles. The molecule has 1 atom stereocenters. The summed E-state index contributed by atoms with van der Waals surface area (Å²) < 4.78 is 0. The Morgan fingerprint density at radius 2 is 2.37 bits per heavy atom. The molecule has 4 nitrogen and oxygen atoms in total. The van der Waals surface area contributed by atoms with Crippen molar-refractivity contribution in [3.8, 4) is 0 Å². The molecule has 1 heterocycles. The van der Waals surface area contributed by atoms with Gasteiger partial charge in [0.15, 0.2) is 0 Å². The number of hydrogen-bond donors (Lipinski definition) is 2. The minimum absolute atomic E-state index is 0.0692. The summed E-state index contributed by atoms with van der Waals surface area (Å²) in [4.78, 5) is 14.0. The number of anilines is 1. The fourth-order valence-corrected chi connectivity index (χ4v) is 2.55. The predicted molar refractivity (Wildman–Crippen MR) is 76.5 cm³/mol.